The van der Waals surface area contributed by atoms with Gasteiger partial charge in [-0.2, -0.15) is 5.10 Å². The molecule has 1 aromatic heterocycles. The van der Waals surface area contributed by atoms with Gasteiger partial charge in [-0.05, 0) is 37.3 Å². The van der Waals surface area contributed by atoms with Crippen LogP contribution in [0.2, 0.25) is 0 Å². The Morgan fingerprint density at radius 1 is 1.40 bits per heavy atom. The lowest BCUT2D eigenvalue weighted by Crippen LogP contribution is -2.26. The first-order valence-corrected chi connectivity index (χ1v) is 5.80. The predicted molar refractivity (Wildman–Crippen MR) is 61.8 cm³/mol. The van der Waals surface area contributed by atoms with Crippen molar-refractivity contribution >= 4 is 5.82 Å². The van der Waals surface area contributed by atoms with E-state index in [-0.39, 0.29) is 0 Å². The number of anilines is 1. The molecule has 0 amide bonds. The summed E-state index contributed by atoms with van der Waals surface area (Å²) in [7, 11) is 0. The van der Waals surface area contributed by atoms with Crippen molar-refractivity contribution in [1.82, 2.24) is 10.2 Å². The molecular weight excluding hydrogens is 186 g/mol. The van der Waals surface area contributed by atoms with E-state index in [0.717, 1.165) is 17.3 Å². The summed E-state index contributed by atoms with van der Waals surface area (Å²) in [5, 5.41) is 11.5. The number of hydrogen-bond acceptors (Lipinski definition) is 3. The third-order valence-electron chi connectivity index (χ3n) is 3.08. The SMILES string of the molecule is Cc1cnnc(NC2CCCC(C)C2)c1. The summed E-state index contributed by atoms with van der Waals surface area (Å²) in [6.45, 7) is 4.37. The first kappa shape index (κ1) is 10.4. The third kappa shape index (κ3) is 2.91. The molecule has 82 valence electrons. The molecule has 2 unspecified atom stereocenters. The van der Waals surface area contributed by atoms with Crippen LogP contribution in [-0.4, -0.2) is 16.2 Å². The van der Waals surface area contributed by atoms with Gasteiger partial charge in [-0.1, -0.05) is 19.8 Å². The van der Waals surface area contributed by atoms with E-state index in [2.05, 4.69) is 28.5 Å². The van der Waals surface area contributed by atoms with Gasteiger partial charge in [0.15, 0.2) is 0 Å². The molecule has 0 bridgehead atoms. The number of nitrogens with zero attached hydrogens (tertiary/aromatic N) is 2. The predicted octanol–water partition coefficient (Wildman–Crippen LogP) is 2.78. The maximum absolute atomic E-state index is 4.10. The highest BCUT2D eigenvalue weighted by Crippen LogP contribution is 2.25. The van der Waals surface area contributed by atoms with Crippen LogP contribution in [0.25, 0.3) is 0 Å². The Kier molecular flexibility index (Phi) is 3.19. The van der Waals surface area contributed by atoms with Crippen LogP contribution in [0.15, 0.2) is 12.3 Å². The van der Waals surface area contributed by atoms with Crippen molar-refractivity contribution in [3.63, 3.8) is 0 Å². The number of nitrogens with one attached hydrogen (secondary N) is 1. The van der Waals surface area contributed by atoms with E-state index >= 15 is 0 Å². The molecule has 15 heavy (non-hydrogen) atoms. The highest BCUT2D eigenvalue weighted by atomic mass is 15.2. The second-order valence-electron chi connectivity index (χ2n) is 4.73. The Bertz CT molecular complexity index is 324. The molecule has 3 nitrogen and oxygen atoms in total. The molecule has 1 N–H and O–H groups in total. The second kappa shape index (κ2) is 4.60. The minimum Gasteiger partial charge on any atom is -0.366 e. The van der Waals surface area contributed by atoms with Crippen LogP contribution in [0.4, 0.5) is 5.82 Å². The van der Waals surface area contributed by atoms with Gasteiger partial charge in [0.25, 0.3) is 0 Å². The normalized spacial score (nSPS) is 26.3. The Morgan fingerprint density at radius 2 is 2.27 bits per heavy atom. The molecule has 0 aliphatic heterocycles. The molecule has 1 fully saturated rings. The van der Waals surface area contributed by atoms with Crippen molar-refractivity contribution in [2.45, 2.75) is 45.6 Å². The Hall–Kier alpha value is -1.12. The molecule has 0 spiro atoms. The van der Waals surface area contributed by atoms with Gasteiger partial charge in [0.05, 0.1) is 6.20 Å². The highest BCUT2D eigenvalue weighted by Gasteiger charge is 2.18. The fourth-order valence-corrected chi connectivity index (χ4v) is 2.31. The summed E-state index contributed by atoms with van der Waals surface area (Å²) in [4.78, 5) is 0. The van der Waals surface area contributed by atoms with Crippen molar-refractivity contribution in [2.24, 2.45) is 5.92 Å². The molecule has 2 rings (SSSR count). The van der Waals surface area contributed by atoms with Crippen LogP contribution in [0.5, 0.6) is 0 Å². The van der Waals surface area contributed by atoms with Gasteiger partial charge < -0.3 is 5.32 Å². The molecule has 1 aliphatic rings. The molecule has 0 radical (unpaired) electrons. The zero-order valence-corrected chi connectivity index (χ0v) is 9.53. The lowest BCUT2D eigenvalue weighted by atomic mass is 9.87. The molecule has 0 aromatic carbocycles. The topological polar surface area (TPSA) is 37.8 Å². The third-order valence-corrected chi connectivity index (χ3v) is 3.08. The fraction of sp³-hybridized carbons (Fsp3) is 0.667. The molecule has 3 heteroatoms. The van der Waals surface area contributed by atoms with Gasteiger partial charge in [0, 0.05) is 6.04 Å². The maximum atomic E-state index is 4.10. The van der Waals surface area contributed by atoms with E-state index in [0.29, 0.717) is 6.04 Å². The van der Waals surface area contributed by atoms with Crippen molar-refractivity contribution in [3.05, 3.63) is 17.8 Å². The first-order valence-electron chi connectivity index (χ1n) is 5.80. The molecule has 1 heterocycles. The number of rotatable bonds is 2. The Morgan fingerprint density at radius 3 is 3.00 bits per heavy atom. The quantitative estimate of drug-likeness (QED) is 0.806. The van der Waals surface area contributed by atoms with Gasteiger partial charge in [0.1, 0.15) is 5.82 Å². The number of hydrogen-bond donors (Lipinski definition) is 1. The number of aryl methyl sites for hydroxylation is 1. The summed E-state index contributed by atoms with van der Waals surface area (Å²) in [5.74, 6) is 1.77. The summed E-state index contributed by atoms with van der Waals surface area (Å²) in [6, 6.07) is 2.65. The minimum atomic E-state index is 0.588. The molecular formula is C12H19N3. The lowest BCUT2D eigenvalue weighted by molar-refractivity contribution is 0.358. The molecule has 1 saturated carbocycles. The molecule has 0 saturated heterocycles. The monoisotopic (exact) mass is 205 g/mol. The average molecular weight is 205 g/mol. The first-order chi connectivity index (χ1) is 7.24. The molecule has 1 aromatic rings. The van der Waals surface area contributed by atoms with Crippen LogP contribution in [-0.2, 0) is 0 Å². The smallest absolute Gasteiger partial charge is 0.149 e. The van der Waals surface area contributed by atoms with E-state index in [1.165, 1.54) is 25.7 Å². The van der Waals surface area contributed by atoms with E-state index in [4.69, 9.17) is 0 Å². The standard InChI is InChI=1S/C12H19N3/c1-9-4-3-5-11(6-9)14-12-7-10(2)8-13-15-12/h7-9,11H,3-6H2,1-2H3,(H,14,15). The van der Waals surface area contributed by atoms with E-state index in [1.807, 2.05) is 6.92 Å². The summed E-state index contributed by atoms with van der Waals surface area (Å²) < 4.78 is 0. The van der Waals surface area contributed by atoms with Crippen LogP contribution in [0, 0.1) is 12.8 Å². The minimum absolute atomic E-state index is 0.588. The van der Waals surface area contributed by atoms with Crippen molar-refractivity contribution in [2.75, 3.05) is 5.32 Å². The van der Waals surface area contributed by atoms with Crippen molar-refractivity contribution in [1.29, 1.82) is 0 Å². The van der Waals surface area contributed by atoms with Gasteiger partial charge in [-0.15, -0.1) is 5.10 Å². The van der Waals surface area contributed by atoms with Crippen LogP contribution in [0.1, 0.15) is 38.2 Å². The van der Waals surface area contributed by atoms with Gasteiger partial charge in [0.2, 0.25) is 0 Å². The second-order valence-corrected chi connectivity index (χ2v) is 4.73. The Labute approximate surface area is 91.3 Å². The van der Waals surface area contributed by atoms with E-state index in [9.17, 15) is 0 Å². The zero-order valence-electron chi connectivity index (χ0n) is 9.53. The molecule has 1 aliphatic carbocycles. The largest absolute Gasteiger partial charge is 0.366 e. The summed E-state index contributed by atoms with van der Waals surface area (Å²) in [6.07, 6.45) is 7.01. The van der Waals surface area contributed by atoms with Crippen molar-refractivity contribution in [3.8, 4) is 0 Å². The van der Waals surface area contributed by atoms with Crippen LogP contribution in [0.3, 0.4) is 0 Å². The average Bonchev–Trinajstić information content (AvgIpc) is 2.17. The van der Waals surface area contributed by atoms with Gasteiger partial charge >= 0.3 is 0 Å². The molecule has 2 atom stereocenters. The van der Waals surface area contributed by atoms with Crippen molar-refractivity contribution < 1.29 is 0 Å². The van der Waals surface area contributed by atoms with E-state index in [1.54, 1.807) is 6.20 Å². The van der Waals surface area contributed by atoms with Crippen LogP contribution >= 0.6 is 0 Å². The van der Waals surface area contributed by atoms with Gasteiger partial charge in [-0.3, -0.25) is 0 Å². The summed E-state index contributed by atoms with van der Waals surface area (Å²) in [5.41, 5.74) is 1.16. The lowest BCUT2D eigenvalue weighted by Gasteiger charge is -2.27. The fourth-order valence-electron chi connectivity index (χ4n) is 2.31. The maximum Gasteiger partial charge on any atom is 0.149 e. The Balaban J connectivity index is 1.96. The van der Waals surface area contributed by atoms with Gasteiger partial charge in [-0.25, -0.2) is 0 Å². The van der Waals surface area contributed by atoms with Crippen LogP contribution < -0.4 is 5.32 Å². The van der Waals surface area contributed by atoms with E-state index < -0.39 is 0 Å². The zero-order chi connectivity index (χ0) is 10.7. The summed E-state index contributed by atoms with van der Waals surface area (Å²) >= 11 is 0. The number of aromatic nitrogens is 2. The highest BCUT2D eigenvalue weighted by molar-refractivity contribution is 5.36.